The van der Waals surface area contributed by atoms with E-state index in [0.29, 0.717) is 0 Å². The van der Waals surface area contributed by atoms with Crippen LogP contribution in [0.2, 0.25) is 0 Å². The Kier molecular flexibility index (Phi) is 5.12. The van der Waals surface area contributed by atoms with Crippen molar-refractivity contribution >= 4 is 0 Å². The van der Waals surface area contributed by atoms with Gasteiger partial charge in [0.25, 0.3) is 0 Å². The zero-order valence-corrected chi connectivity index (χ0v) is 5.37. The average Bonchev–Trinajstić information content (AvgIpc) is 1.97. The Hall–Kier alpha value is -1.27. The lowest BCUT2D eigenvalue weighted by Crippen LogP contribution is -2.02. The Labute approximate surface area is 57.9 Å². The van der Waals surface area contributed by atoms with Crippen molar-refractivity contribution in [1.29, 1.82) is 5.26 Å². The highest BCUT2D eigenvalue weighted by atomic mass is 19.1. The monoisotopic (exact) mass is 142 g/mol. The Morgan fingerprint density at radius 1 is 1.80 bits per heavy atom. The van der Waals surface area contributed by atoms with Gasteiger partial charge in [-0.15, -0.1) is 0 Å². The van der Waals surface area contributed by atoms with Crippen molar-refractivity contribution in [3.63, 3.8) is 0 Å². The molecule has 0 aliphatic heterocycles. The quantitative estimate of drug-likeness (QED) is 0.335. The second-order valence-corrected chi connectivity index (χ2v) is 1.71. The zero-order valence-electron chi connectivity index (χ0n) is 5.37. The van der Waals surface area contributed by atoms with Gasteiger partial charge in [0, 0.05) is 11.3 Å². The second kappa shape index (κ2) is 5.86. The van der Waals surface area contributed by atoms with Crippen LogP contribution in [-0.4, -0.2) is 12.7 Å². The Bertz CT molecular complexity index is 167. The van der Waals surface area contributed by atoms with Gasteiger partial charge in [-0.05, 0) is 12.0 Å². The maximum atomic E-state index is 12.4. The summed E-state index contributed by atoms with van der Waals surface area (Å²) in [5, 5.41) is 11.0. The highest BCUT2D eigenvalue weighted by Gasteiger charge is 2.02. The molecule has 0 rings (SSSR count). The van der Waals surface area contributed by atoms with Gasteiger partial charge in [0.2, 0.25) is 0 Å². The van der Waals surface area contributed by atoms with Crippen molar-refractivity contribution in [3.05, 3.63) is 10.4 Å². The summed E-state index contributed by atoms with van der Waals surface area (Å²) in [6.45, 7) is -0.168. The normalized spacial score (nSPS) is 11.2. The van der Waals surface area contributed by atoms with Crippen LogP contribution >= 0.6 is 0 Å². The minimum absolute atomic E-state index is 0.148. The van der Waals surface area contributed by atoms with Gasteiger partial charge in [0.05, 0.1) is 12.6 Å². The van der Waals surface area contributed by atoms with Crippen LogP contribution in [0.4, 0.5) is 4.39 Å². The summed E-state index contributed by atoms with van der Waals surface area (Å²) >= 11 is 0. The molecule has 54 valence electrons. The third-order valence-corrected chi connectivity index (χ3v) is 0.912. The molecule has 0 saturated heterocycles. The topological polar surface area (TPSA) is 72.5 Å². The van der Waals surface area contributed by atoms with Crippen LogP contribution in [0.3, 0.4) is 0 Å². The number of halogens is 1. The van der Waals surface area contributed by atoms with E-state index in [9.17, 15) is 4.39 Å². The second-order valence-electron chi connectivity index (χ2n) is 1.71. The van der Waals surface area contributed by atoms with Crippen LogP contribution in [0.15, 0.2) is 5.11 Å². The predicted octanol–water partition coefficient (Wildman–Crippen LogP) is 1.94. The standard InChI is InChI=1S/C5H7FN4/c6-5(2-1-3-7)4-9-10-8/h5H,1-2,4H2. The summed E-state index contributed by atoms with van der Waals surface area (Å²) in [5.74, 6) is 0. The number of azide groups is 1. The molecule has 0 aromatic carbocycles. The van der Waals surface area contributed by atoms with Crippen LogP contribution in [0, 0.1) is 11.3 Å². The Balaban J connectivity index is 3.35. The molecule has 0 saturated carbocycles. The maximum absolute atomic E-state index is 12.4. The van der Waals surface area contributed by atoms with E-state index >= 15 is 0 Å². The molecule has 1 unspecified atom stereocenters. The fourth-order valence-electron chi connectivity index (χ4n) is 0.438. The van der Waals surface area contributed by atoms with E-state index in [1.807, 2.05) is 0 Å². The minimum atomic E-state index is -1.17. The predicted molar refractivity (Wildman–Crippen MR) is 33.8 cm³/mol. The van der Waals surface area contributed by atoms with Crippen LogP contribution in [0.1, 0.15) is 12.8 Å². The smallest absolute Gasteiger partial charge is 0.107 e. The summed E-state index contributed by atoms with van der Waals surface area (Å²) in [7, 11) is 0. The lowest BCUT2D eigenvalue weighted by Gasteiger charge is -1.97. The number of hydrogen-bond donors (Lipinski definition) is 0. The third-order valence-electron chi connectivity index (χ3n) is 0.912. The largest absolute Gasteiger partial charge is 0.247 e. The van der Waals surface area contributed by atoms with Crippen molar-refractivity contribution in [3.8, 4) is 6.07 Å². The molecule has 1 atom stereocenters. The lowest BCUT2D eigenvalue weighted by atomic mass is 10.2. The fraction of sp³-hybridized carbons (Fsp3) is 0.800. The molecule has 0 aromatic rings. The number of rotatable bonds is 4. The van der Waals surface area contributed by atoms with Crippen molar-refractivity contribution in [2.75, 3.05) is 6.54 Å². The number of nitrogens with zero attached hydrogens (tertiary/aromatic N) is 4. The van der Waals surface area contributed by atoms with E-state index in [4.69, 9.17) is 10.8 Å². The van der Waals surface area contributed by atoms with Crippen LogP contribution in [0.25, 0.3) is 10.4 Å². The third kappa shape index (κ3) is 4.88. The molecule has 0 amide bonds. The Morgan fingerprint density at radius 3 is 3.00 bits per heavy atom. The van der Waals surface area contributed by atoms with Gasteiger partial charge < -0.3 is 0 Å². The first-order valence-electron chi connectivity index (χ1n) is 2.83. The van der Waals surface area contributed by atoms with E-state index in [2.05, 4.69) is 10.0 Å². The molecule has 4 nitrogen and oxygen atoms in total. The molecule has 10 heavy (non-hydrogen) atoms. The van der Waals surface area contributed by atoms with E-state index in [1.165, 1.54) is 0 Å². The average molecular weight is 142 g/mol. The van der Waals surface area contributed by atoms with Crippen molar-refractivity contribution in [1.82, 2.24) is 0 Å². The summed E-state index contributed by atoms with van der Waals surface area (Å²) in [5.41, 5.74) is 7.77. The summed E-state index contributed by atoms with van der Waals surface area (Å²) in [6.07, 6.45) is -0.854. The molecule has 0 bridgehead atoms. The van der Waals surface area contributed by atoms with Gasteiger partial charge in [0.1, 0.15) is 6.17 Å². The van der Waals surface area contributed by atoms with Gasteiger partial charge in [-0.25, -0.2) is 4.39 Å². The van der Waals surface area contributed by atoms with Crippen LogP contribution in [0.5, 0.6) is 0 Å². The van der Waals surface area contributed by atoms with Gasteiger partial charge >= 0.3 is 0 Å². The first-order chi connectivity index (χ1) is 4.81. The molecular formula is C5H7FN4. The van der Waals surface area contributed by atoms with E-state index in [1.54, 1.807) is 6.07 Å². The fourth-order valence-corrected chi connectivity index (χ4v) is 0.438. The molecule has 0 aromatic heterocycles. The van der Waals surface area contributed by atoms with Gasteiger partial charge in [-0.1, -0.05) is 5.11 Å². The lowest BCUT2D eigenvalue weighted by molar-refractivity contribution is 0.325. The van der Waals surface area contributed by atoms with Crippen LogP contribution in [-0.2, 0) is 0 Å². The van der Waals surface area contributed by atoms with E-state index in [-0.39, 0.29) is 19.4 Å². The molecule has 0 spiro atoms. The summed E-state index contributed by atoms with van der Waals surface area (Å²) < 4.78 is 12.4. The zero-order chi connectivity index (χ0) is 7.82. The van der Waals surface area contributed by atoms with Crippen LogP contribution < -0.4 is 0 Å². The highest BCUT2D eigenvalue weighted by molar-refractivity contribution is 4.72. The molecular weight excluding hydrogens is 135 g/mol. The van der Waals surface area contributed by atoms with Crippen molar-refractivity contribution in [2.24, 2.45) is 5.11 Å². The number of hydrogen-bond acceptors (Lipinski definition) is 2. The molecule has 0 radical (unpaired) electrons. The first-order valence-corrected chi connectivity index (χ1v) is 2.83. The first kappa shape index (κ1) is 8.73. The van der Waals surface area contributed by atoms with Crippen molar-refractivity contribution in [2.45, 2.75) is 19.0 Å². The SMILES string of the molecule is N#CCCC(F)CN=[N+]=[N-]. The summed E-state index contributed by atoms with van der Waals surface area (Å²) in [4.78, 5) is 2.39. The molecule has 0 heterocycles. The molecule has 0 fully saturated rings. The van der Waals surface area contributed by atoms with Gasteiger partial charge in [-0.2, -0.15) is 5.26 Å². The summed E-state index contributed by atoms with van der Waals surface area (Å²) in [6, 6.07) is 1.80. The Morgan fingerprint density at radius 2 is 2.50 bits per heavy atom. The van der Waals surface area contributed by atoms with E-state index < -0.39 is 6.17 Å². The number of nitriles is 1. The van der Waals surface area contributed by atoms with Gasteiger partial charge in [0.15, 0.2) is 0 Å². The molecule has 5 heteroatoms. The molecule has 0 N–H and O–H groups in total. The van der Waals surface area contributed by atoms with E-state index in [0.717, 1.165) is 0 Å². The minimum Gasteiger partial charge on any atom is -0.247 e. The molecule has 0 aliphatic carbocycles. The van der Waals surface area contributed by atoms with Gasteiger partial charge in [-0.3, -0.25) is 0 Å². The molecule has 0 aliphatic rings. The van der Waals surface area contributed by atoms with Crippen molar-refractivity contribution < 1.29 is 4.39 Å². The highest BCUT2D eigenvalue weighted by Crippen LogP contribution is 2.00. The number of alkyl halides is 1. The maximum Gasteiger partial charge on any atom is 0.107 e.